The fourth-order valence-corrected chi connectivity index (χ4v) is 0.656. The topological polar surface area (TPSA) is 14.1 Å². The number of rotatable bonds is 0. The largest absolute Gasteiger partial charge is 1.00 e. The minimum absolute atomic E-state index is 0. The molecule has 0 amide bonds. The minimum atomic E-state index is 0. The summed E-state index contributed by atoms with van der Waals surface area (Å²) >= 11 is 3.28. The Morgan fingerprint density at radius 2 is 2.25 bits per heavy atom. The van der Waals surface area contributed by atoms with E-state index in [4.69, 9.17) is 0 Å². The molecule has 8 heavy (non-hydrogen) atoms. The molecule has 0 fully saturated rings. The highest BCUT2D eigenvalue weighted by Gasteiger charge is 1.81. The highest BCUT2D eigenvalue weighted by atomic mass is 127. The molecule has 0 aromatic carbocycles. The molecule has 0 atom stereocenters. The molecule has 0 radical (unpaired) electrons. The van der Waals surface area contributed by atoms with Gasteiger partial charge in [-0.3, -0.25) is 0 Å². The number of H-pyrrole nitrogens is 1. The van der Waals surface area contributed by atoms with Crippen LogP contribution >= 0.6 is 15.9 Å². The van der Waals surface area contributed by atoms with Crippen molar-refractivity contribution in [1.82, 2.24) is 0 Å². The highest BCUT2D eigenvalue weighted by Crippen LogP contribution is 2.01. The maximum absolute atomic E-state index is 3.28. The van der Waals surface area contributed by atoms with Crippen molar-refractivity contribution in [2.75, 3.05) is 0 Å². The maximum atomic E-state index is 3.28. The van der Waals surface area contributed by atoms with Crippen molar-refractivity contribution < 1.29 is 29.0 Å². The van der Waals surface area contributed by atoms with E-state index in [1.54, 1.807) is 0 Å². The number of aromatic nitrogens is 1. The van der Waals surface area contributed by atoms with Crippen molar-refractivity contribution in [2.45, 2.75) is 0 Å². The standard InChI is InChI=1S/C5H4BrN.HI/c6-5-2-1-3-7-4-5;/h1-4H;1H. The van der Waals surface area contributed by atoms with E-state index in [1.165, 1.54) is 0 Å². The molecule has 0 saturated carbocycles. The van der Waals surface area contributed by atoms with Gasteiger partial charge >= 0.3 is 0 Å². The third kappa shape index (κ3) is 2.61. The van der Waals surface area contributed by atoms with Crippen LogP contribution in [0.25, 0.3) is 0 Å². The first kappa shape index (κ1) is 8.36. The number of hydrogen-bond donors (Lipinski definition) is 0. The van der Waals surface area contributed by atoms with Crippen LogP contribution in [0.4, 0.5) is 0 Å². The average Bonchev–Trinajstić information content (AvgIpc) is 1.69. The van der Waals surface area contributed by atoms with Crippen molar-refractivity contribution in [3.05, 3.63) is 29.0 Å². The molecule has 0 aliphatic carbocycles. The van der Waals surface area contributed by atoms with Gasteiger partial charge in [-0.05, 0) is 22.0 Å². The molecular formula is C5H5BrIN. The SMILES string of the molecule is Brc1ccc[nH+]c1.[I-]. The van der Waals surface area contributed by atoms with Gasteiger partial charge in [-0.1, -0.05) is 0 Å². The molecule has 1 aromatic heterocycles. The van der Waals surface area contributed by atoms with Crippen LogP contribution in [-0.4, -0.2) is 0 Å². The summed E-state index contributed by atoms with van der Waals surface area (Å²) in [6.07, 6.45) is 3.74. The van der Waals surface area contributed by atoms with Crippen molar-refractivity contribution in [3.63, 3.8) is 0 Å². The van der Waals surface area contributed by atoms with Crippen LogP contribution in [0.1, 0.15) is 0 Å². The van der Waals surface area contributed by atoms with Crippen LogP contribution < -0.4 is 29.0 Å². The molecule has 1 rings (SSSR count). The predicted molar refractivity (Wildman–Crippen MR) is 30.7 cm³/mol. The van der Waals surface area contributed by atoms with E-state index in [9.17, 15) is 0 Å². The number of pyridine rings is 1. The zero-order valence-corrected chi connectivity index (χ0v) is 7.81. The summed E-state index contributed by atoms with van der Waals surface area (Å²) in [4.78, 5) is 2.91. The van der Waals surface area contributed by atoms with Crippen molar-refractivity contribution in [2.24, 2.45) is 0 Å². The number of nitrogens with one attached hydrogen (secondary N) is 1. The Hall–Kier alpha value is 0.360. The lowest BCUT2D eigenvalue weighted by molar-refractivity contribution is -0.378. The molecule has 3 heteroatoms. The van der Waals surface area contributed by atoms with E-state index in [-0.39, 0.29) is 24.0 Å². The second-order valence-corrected chi connectivity index (χ2v) is 2.14. The molecule has 0 aliphatic rings. The van der Waals surface area contributed by atoms with E-state index in [1.807, 2.05) is 24.5 Å². The molecule has 1 N–H and O–H groups in total. The molecule has 0 aliphatic heterocycles. The van der Waals surface area contributed by atoms with Crippen LogP contribution in [0.15, 0.2) is 29.0 Å². The van der Waals surface area contributed by atoms with Gasteiger partial charge in [-0.2, -0.15) is 0 Å². The number of halogens is 2. The van der Waals surface area contributed by atoms with E-state index in [0.29, 0.717) is 0 Å². The van der Waals surface area contributed by atoms with E-state index in [0.717, 1.165) is 4.47 Å². The van der Waals surface area contributed by atoms with Gasteiger partial charge in [0.05, 0.1) is 4.47 Å². The second-order valence-electron chi connectivity index (χ2n) is 1.22. The summed E-state index contributed by atoms with van der Waals surface area (Å²) < 4.78 is 1.08. The quantitative estimate of drug-likeness (QED) is 0.503. The lowest BCUT2D eigenvalue weighted by Crippen LogP contribution is -3.00. The zero-order chi connectivity index (χ0) is 5.11. The Balaban J connectivity index is 0.000000490. The third-order valence-electron chi connectivity index (χ3n) is 0.669. The Labute approximate surface area is 73.7 Å². The molecule has 1 nitrogen and oxygen atoms in total. The molecule has 0 spiro atoms. The monoisotopic (exact) mass is 285 g/mol. The fourth-order valence-electron chi connectivity index (χ4n) is 0.371. The number of aromatic amines is 1. The van der Waals surface area contributed by atoms with Gasteiger partial charge < -0.3 is 24.0 Å². The van der Waals surface area contributed by atoms with Gasteiger partial charge in [0, 0.05) is 6.07 Å². The van der Waals surface area contributed by atoms with E-state index >= 15 is 0 Å². The molecule has 0 saturated heterocycles. The Bertz CT molecular complexity index is 142. The predicted octanol–water partition coefficient (Wildman–Crippen LogP) is -1.73. The Morgan fingerprint density at radius 3 is 2.50 bits per heavy atom. The summed E-state index contributed by atoms with van der Waals surface area (Å²) in [7, 11) is 0. The molecule has 0 unspecified atom stereocenters. The zero-order valence-electron chi connectivity index (χ0n) is 4.07. The van der Waals surface area contributed by atoms with Gasteiger partial charge in [0.25, 0.3) is 0 Å². The van der Waals surface area contributed by atoms with Crippen LogP contribution in [0, 0.1) is 0 Å². The van der Waals surface area contributed by atoms with Crippen LogP contribution in [-0.2, 0) is 0 Å². The van der Waals surface area contributed by atoms with Crippen molar-refractivity contribution in [1.29, 1.82) is 0 Å². The smallest absolute Gasteiger partial charge is 0.181 e. The molecule has 1 aromatic rings. The lowest BCUT2D eigenvalue weighted by Gasteiger charge is -1.74. The first-order valence-electron chi connectivity index (χ1n) is 2.01. The summed E-state index contributed by atoms with van der Waals surface area (Å²) in [5.41, 5.74) is 0. The number of hydrogen-bond acceptors (Lipinski definition) is 0. The van der Waals surface area contributed by atoms with Gasteiger partial charge in [0.2, 0.25) is 0 Å². The van der Waals surface area contributed by atoms with E-state index < -0.39 is 0 Å². The second kappa shape index (κ2) is 4.26. The molecular weight excluding hydrogens is 281 g/mol. The first-order chi connectivity index (χ1) is 3.39. The Morgan fingerprint density at radius 1 is 1.50 bits per heavy atom. The molecule has 1 heterocycles. The maximum Gasteiger partial charge on any atom is 0.181 e. The third-order valence-corrected chi connectivity index (χ3v) is 1.16. The summed E-state index contributed by atoms with van der Waals surface area (Å²) in [5.74, 6) is 0. The van der Waals surface area contributed by atoms with Gasteiger partial charge in [0.1, 0.15) is 0 Å². The van der Waals surface area contributed by atoms with Crippen molar-refractivity contribution in [3.8, 4) is 0 Å². The summed E-state index contributed by atoms with van der Waals surface area (Å²) in [6, 6.07) is 3.90. The molecule has 0 bridgehead atoms. The van der Waals surface area contributed by atoms with Gasteiger partial charge in [-0.25, -0.2) is 4.98 Å². The van der Waals surface area contributed by atoms with Crippen LogP contribution in [0.3, 0.4) is 0 Å². The van der Waals surface area contributed by atoms with Gasteiger partial charge in [-0.15, -0.1) is 0 Å². The van der Waals surface area contributed by atoms with Crippen LogP contribution in [0.5, 0.6) is 0 Å². The Kier molecular flexibility index (Phi) is 4.45. The highest BCUT2D eigenvalue weighted by molar-refractivity contribution is 9.10. The average molecular weight is 286 g/mol. The summed E-state index contributed by atoms with van der Waals surface area (Å²) in [6.45, 7) is 0. The summed E-state index contributed by atoms with van der Waals surface area (Å²) in [5, 5.41) is 0. The first-order valence-corrected chi connectivity index (χ1v) is 2.80. The minimum Gasteiger partial charge on any atom is -1.00 e. The van der Waals surface area contributed by atoms with Gasteiger partial charge in [0.15, 0.2) is 12.4 Å². The normalized spacial score (nSPS) is 7.62. The fraction of sp³-hybridized carbons (Fsp3) is 0. The lowest BCUT2D eigenvalue weighted by atomic mass is 10.5. The van der Waals surface area contributed by atoms with Crippen LogP contribution in [0.2, 0.25) is 0 Å². The molecule has 44 valence electrons. The van der Waals surface area contributed by atoms with Crippen molar-refractivity contribution >= 4 is 15.9 Å². The van der Waals surface area contributed by atoms with E-state index in [2.05, 4.69) is 20.9 Å².